The van der Waals surface area contributed by atoms with Crippen molar-refractivity contribution in [3.63, 3.8) is 0 Å². The number of hydrogen-bond donors (Lipinski definition) is 3. The number of hydrogen-bond acceptors (Lipinski definition) is 3. The molecule has 0 aliphatic rings. The van der Waals surface area contributed by atoms with E-state index in [4.69, 9.17) is 0 Å². The normalized spacial score (nSPS) is 10.5. The van der Waals surface area contributed by atoms with Gasteiger partial charge in [0, 0.05) is 23.1 Å². The molecule has 3 nitrogen and oxygen atoms in total. The van der Waals surface area contributed by atoms with Crippen LogP contribution in [0.4, 0.5) is 17.1 Å². The first-order valence-electron chi connectivity index (χ1n) is 8.85. The maximum atomic E-state index is 4.03. The molecule has 128 valence electrons. The Labute approximate surface area is 146 Å². The lowest BCUT2D eigenvalue weighted by Gasteiger charge is -2.19. The maximum absolute atomic E-state index is 4.03. The van der Waals surface area contributed by atoms with Gasteiger partial charge in [0.1, 0.15) is 5.82 Å². The van der Waals surface area contributed by atoms with Gasteiger partial charge in [-0.3, -0.25) is 0 Å². The third-order valence-corrected chi connectivity index (χ3v) is 3.89. The highest BCUT2D eigenvalue weighted by atomic mass is 15.1. The summed E-state index contributed by atoms with van der Waals surface area (Å²) in [4.78, 5) is 0. The summed E-state index contributed by atoms with van der Waals surface area (Å²) < 4.78 is 0. The van der Waals surface area contributed by atoms with E-state index in [0.717, 1.165) is 17.2 Å². The van der Waals surface area contributed by atoms with E-state index in [-0.39, 0.29) is 0 Å². The van der Waals surface area contributed by atoms with E-state index in [1.165, 1.54) is 31.4 Å². The molecular weight excluding hydrogens is 294 g/mol. The lowest BCUT2D eigenvalue weighted by molar-refractivity contribution is 0.586. The van der Waals surface area contributed by atoms with E-state index in [1.807, 2.05) is 30.3 Å². The Morgan fingerprint density at radius 2 is 1.29 bits per heavy atom. The first kappa shape index (κ1) is 17.9. The van der Waals surface area contributed by atoms with E-state index >= 15 is 0 Å². The van der Waals surface area contributed by atoms with Crippen molar-refractivity contribution in [2.75, 3.05) is 16.0 Å². The van der Waals surface area contributed by atoms with Crippen LogP contribution in [0.1, 0.15) is 39.5 Å². The molecule has 0 atom stereocenters. The molecule has 0 spiro atoms. The molecule has 0 amide bonds. The van der Waals surface area contributed by atoms with E-state index < -0.39 is 0 Å². The zero-order chi connectivity index (χ0) is 17.2. The van der Waals surface area contributed by atoms with Crippen molar-refractivity contribution in [3.8, 4) is 0 Å². The Bertz CT molecular complexity index is 599. The molecule has 24 heavy (non-hydrogen) atoms. The molecule has 0 bridgehead atoms. The molecule has 0 fully saturated rings. The molecule has 2 rings (SSSR count). The van der Waals surface area contributed by atoms with Crippen molar-refractivity contribution in [3.05, 3.63) is 67.0 Å². The minimum atomic E-state index is 0.563. The second-order valence-electron chi connectivity index (χ2n) is 6.09. The fourth-order valence-corrected chi connectivity index (χ4v) is 2.77. The lowest BCUT2D eigenvalue weighted by Crippen LogP contribution is -2.18. The Balaban J connectivity index is 1.88. The second-order valence-corrected chi connectivity index (χ2v) is 6.09. The van der Waals surface area contributed by atoms with E-state index in [1.54, 1.807) is 0 Å². The summed E-state index contributed by atoms with van der Waals surface area (Å²) >= 11 is 0. The van der Waals surface area contributed by atoms with Crippen LogP contribution in [0.15, 0.2) is 67.0 Å². The van der Waals surface area contributed by atoms with Crippen molar-refractivity contribution < 1.29 is 0 Å². The molecule has 2 aromatic carbocycles. The molecule has 0 radical (unpaired) electrons. The predicted molar refractivity (Wildman–Crippen MR) is 106 cm³/mol. The summed E-state index contributed by atoms with van der Waals surface area (Å²) in [5.74, 6) is 0.761. The fraction of sp³-hybridized carbons (Fsp3) is 0.333. The van der Waals surface area contributed by atoms with Crippen LogP contribution in [-0.2, 0) is 0 Å². The average molecular weight is 323 g/mol. The van der Waals surface area contributed by atoms with Crippen molar-refractivity contribution in [2.24, 2.45) is 0 Å². The summed E-state index contributed by atoms with van der Waals surface area (Å²) in [6, 6.07) is 19.0. The highest BCUT2D eigenvalue weighted by Gasteiger charge is 2.06. The molecule has 2 aromatic rings. The van der Waals surface area contributed by atoms with Crippen LogP contribution >= 0.6 is 0 Å². The summed E-state index contributed by atoms with van der Waals surface area (Å²) in [5.41, 5.74) is 3.22. The van der Waals surface area contributed by atoms with Crippen molar-refractivity contribution in [1.29, 1.82) is 0 Å². The molecule has 0 aliphatic heterocycles. The van der Waals surface area contributed by atoms with Gasteiger partial charge >= 0.3 is 0 Å². The smallest absolute Gasteiger partial charge is 0.100 e. The first-order chi connectivity index (χ1) is 11.7. The van der Waals surface area contributed by atoms with Gasteiger partial charge < -0.3 is 16.0 Å². The standard InChI is InChI=1S/C21H29N3/c1-4-9-18(10-5-2)24-21-15-13-20(14-16-21)23-17(3)22-19-11-7-6-8-12-19/h6-8,11-16,18,22-24H,3-5,9-10H2,1-2H3. The van der Waals surface area contributed by atoms with Crippen LogP contribution in [0.2, 0.25) is 0 Å². The minimum Gasteiger partial charge on any atom is -0.382 e. The van der Waals surface area contributed by atoms with Crippen LogP contribution in [0, 0.1) is 0 Å². The van der Waals surface area contributed by atoms with E-state index in [9.17, 15) is 0 Å². The Morgan fingerprint density at radius 1 is 0.792 bits per heavy atom. The summed E-state index contributed by atoms with van der Waals surface area (Å²) in [6.07, 6.45) is 4.85. The van der Waals surface area contributed by atoms with Gasteiger partial charge in [-0.1, -0.05) is 51.5 Å². The topological polar surface area (TPSA) is 36.1 Å². The highest BCUT2D eigenvalue weighted by Crippen LogP contribution is 2.19. The van der Waals surface area contributed by atoms with Gasteiger partial charge in [0.25, 0.3) is 0 Å². The fourth-order valence-electron chi connectivity index (χ4n) is 2.77. The van der Waals surface area contributed by atoms with Crippen LogP contribution in [0.3, 0.4) is 0 Å². The zero-order valence-corrected chi connectivity index (χ0v) is 14.8. The monoisotopic (exact) mass is 323 g/mol. The number of rotatable bonds is 10. The number of benzene rings is 2. The van der Waals surface area contributed by atoms with Gasteiger partial charge in [-0.05, 0) is 49.2 Å². The van der Waals surface area contributed by atoms with Crippen molar-refractivity contribution >= 4 is 17.1 Å². The van der Waals surface area contributed by atoms with Crippen LogP contribution in [0.5, 0.6) is 0 Å². The summed E-state index contributed by atoms with van der Waals surface area (Å²) in [5, 5.41) is 10.2. The van der Waals surface area contributed by atoms with Gasteiger partial charge in [-0.25, -0.2) is 0 Å². The predicted octanol–water partition coefficient (Wildman–Crippen LogP) is 6.06. The average Bonchev–Trinajstić information content (AvgIpc) is 2.58. The van der Waals surface area contributed by atoms with Crippen molar-refractivity contribution in [2.45, 2.75) is 45.6 Å². The number of anilines is 3. The summed E-state index contributed by atoms with van der Waals surface area (Å²) in [7, 11) is 0. The van der Waals surface area contributed by atoms with Gasteiger partial charge in [0.15, 0.2) is 0 Å². The van der Waals surface area contributed by atoms with E-state index in [2.05, 4.69) is 60.6 Å². The third kappa shape index (κ3) is 5.99. The van der Waals surface area contributed by atoms with Gasteiger partial charge in [0.2, 0.25) is 0 Å². The molecule has 0 heterocycles. The van der Waals surface area contributed by atoms with Crippen LogP contribution < -0.4 is 16.0 Å². The maximum Gasteiger partial charge on any atom is 0.100 e. The Hall–Kier alpha value is -2.42. The van der Waals surface area contributed by atoms with Crippen LogP contribution in [0.25, 0.3) is 0 Å². The van der Waals surface area contributed by atoms with E-state index in [0.29, 0.717) is 6.04 Å². The summed E-state index contributed by atoms with van der Waals surface area (Å²) in [6.45, 7) is 8.50. The van der Waals surface area contributed by atoms with Crippen LogP contribution in [-0.4, -0.2) is 6.04 Å². The Morgan fingerprint density at radius 3 is 1.83 bits per heavy atom. The minimum absolute atomic E-state index is 0.563. The second kappa shape index (κ2) is 9.66. The SMILES string of the molecule is C=C(Nc1ccccc1)Nc1ccc(NC(CCC)CCC)cc1. The van der Waals surface area contributed by atoms with Crippen molar-refractivity contribution in [1.82, 2.24) is 0 Å². The third-order valence-electron chi connectivity index (χ3n) is 3.89. The van der Waals surface area contributed by atoms with Gasteiger partial charge in [0.05, 0.1) is 0 Å². The quantitative estimate of drug-likeness (QED) is 0.497. The highest BCUT2D eigenvalue weighted by molar-refractivity contribution is 5.59. The molecule has 0 saturated heterocycles. The first-order valence-corrected chi connectivity index (χ1v) is 8.85. The molecule has 0 unspecified atom stereocenters. The van der Waals surface area contributed by atoms with Gasteiger partial charge in [-0.2, -0.15) is 0 Å². The molecule has 3 heteroatoms. The molecule has 3 N–H and O–H groups in total. The van der Waals surface area contributed by atoms with Gasteiger partial charge in [-0.15, -0.1) is 0 Å². The number of para-hydroxylation sites is 1. The molecule has 0 saturated carbocycles. The zero-order valence-electron chi connectivity index (χ0n) is 14.8. The molecule has 0 aromatic heterocycles. The molecule has 0 aliphatic carbocycles. The molecular formula is C21H29N3. The largest absolute Gasteiger partial charge is 0.382 e. The lowest BCUT2D eigenvalue weighted by atomic mass is 10.1. The number of nitrogens with one attached hydrogen (secondary N) is 3. The Kier molecular flexibility index (Phi) is 7.21.